The molecule has 2 amide bonds. The monoisotopic (exact) mass is 452 g/mol. The molecule has 0 saturated heterocycles. The van der Waals surface area contributed by atoms with Crippen LogP contribution in [0.4, 0.5) is 0 Å². The zero-order chi connectivity index (χ0) is 20.1. The molecule has 1 aromatic heterocycles. The Hall–Kier alpha value is -2.80. The van der Waals surface area contributed by atoms with Gasteiger partial charge in [-0.15, -0.1) is 0 Å². The molecule has 1 aliphatic carbocycles. The Balaban J connectivity index is 1.56. The van der Waals surface area contributed by atoms with Crippen molar-refractivity contribution in [3.63, 3.8) is 0 Å². The Kier molecular flexibility index (Phi) is 4.35. The molecule has 3 aromatic rings. The van der Waals surface area contributed by atoms with Crippen molar-refractivity contribution < 1.29 is 14.0 Å². The number of carbonyl (C=O) groups is 2. The van der Waals surface area contributed by atoms with E-state index in [-0.39, 0.29) is 23.7 Å². The Labute approximate surface area is 174 Å². The van der Waals surface area contributed by atoms with E-state index in [0.29, 0.717) is 27.6 Å². The standard InChI is InChI=1S/C22H17BrN2O4/c23-13-7-9-18-17(11-13)22(28)29-19(24-18)12-6-8-15-16(10-12)21(27)25(20(15)26)14-4-2-1-3-5-14/h6-11,14H,1-5H2. The van der Waals surface area contributed by atoms with Gasteiger partial charge < -0.3 is 4.42 Å². The topological polar surface area (TPSA) is 80.5 Å². The molecule has 0 N–H and O–H groups in total. The molecular weight excluding hydrogens is 436 g/mol. The fraction of sp³-hybridized carbons (Fsp3) is 0.273. The van der Waals surface area contributed by atoms with Gasteiger partial charge in [0.2, 0.25) is 5.89 Å². The van der Waals surface area contributed by atoms with Gasteiger partial charge in [0.05, 0.1) is 22.0 Å². The van der Waals surface area contributed by atoms with Crippen molar-refractivity contribution in [2.24, 2.45) is 0 Å². The van der Waals surface area contributed by atoms with Crippen molar-refractivity contribution in [2.45, 2.75) is 38.1 Å². The molecular formula is C22H17BrN2O4. The van der Waals surface area contributed by atoms with Crippen LogP contribution in [0.2, 0.25) is 0 Å². The summed E-state index contributed by atoms with van der Waals surface area (Å²) in [6.07, 6.45) is 4.92. The summed E-state index contributed by atoms with van der Waals surface area (Å²) in [6, 6.07) is 10.1. The predicted octanol–water partition coefficient (Wildman–Crippen LogP) is 4.55. The molecule has 146 valence electrons. The number of imide groups is 1. The van der Waals surface area contributed by atoms with E-state index in [9.17, 15) is 14.4 Å². The van der Waals surface area contributed by atoms with Crippen LogP contribution >= 0.6 is 15.9 Å². The summed E-state index contributed by atoms with van der Waals surface area (Å²) in [6.45, 7) is 0. The second kappa shape index (κ2) is 6.91. The van der Waals surface area contributed by atoms with Crippen LogP contribution in [0, 0.1) is 0 Å². The first-order valence-corrected chi connectivity index (χ1v) is 10.4. The third kappa shape index (κ3) is 3.00. The molecule has 0 unspecified atom stereocenters. The average molecular weight is 453 g/mol. The fourth-order valence-corrected chi connectivity index (χ4v) is 4.59. The van der Waals surface area contributed by atoms with E-state index in [4.69, 9.17) is 4.42 Å². The van der Waals surface area contributed by atoms with Crippen LogP contribution in [-0.2, 0) is 0 Å². The van der Waals surface area contributed by atoms with Crippen LogP contribution in [0.5, 0.6) is 0 Å². The molecule has 1 aliphatic heterocycles. The second-order valence-electron chi connectivity index (χ2n) is 7.50. The zero-order valence-corrected chi connectivity index (χ0v) is 17.1. The van der Waals surface area contributed by atoms with Gasteiger partial charge in [-0.3, -0.25) is 14.5 Å². The van der Waals surface area contributed by atoms with E-state index in [0.717, 1.165) is 36.6 Å². The molecule has 6 nitrogen and oxygen atoms in total. The highest BCUT2D eigenvalue weighted by Crippen LogP contribution is 2.33. The molecule has 29 heavy (non-hydrogen) atoms. The first kappa shape index (κ1) is 18.2. The lowest BCUT2D eigenvalue weighted by Gasteiger charge is -2.29. The molecule has 2 heterocycles. The molecule has 0 bridgehead atoms. The van der Waals surface area contributed by atoms with Gasteiger partial charge in [-0.05, 0) is 49.2 Å². The lowest BCUT2D eigenvalue weighted by atomic mass is 9.94. The molecule has 2 aromatic carbocycles. The molecule has 1 saturated carbocycles. The molecule has 0 spiro atoms. The SMILES string of the molecule is O=C1c2ccc(-c3nc4ccc(Br)cc4c(=O)o3)cc2C(=O)N1C1CCCCC1. The fourth-order valence-electron chi connectivity index (χ4n) is 4.23. The number of carbonyl (C=O) groups excluding carboxylic acids is 2. The van der Waals surface area contributed by atoms with Crippen LogP contribution in [0.15, 0.2) is 50.1 Å². The van der Waals surface area contributed by atoms with E-state index in [1.807, 2.05) is 0 Å². The average Bonchev–Trinajstić information content (AvgIpc) is 2.99. The minimum Gasteiger partial charge on any atom is -0.403 e. The summed E-state index contributed by atoms with van der Waals surface area (Å²) in [5, 5.41) is 0.374. The Morgan fingerprint density at radius 3 is 2.48 bits per heavy atom. The normalized spacial score (nSPS) is 17.2. The summed E-state index contributed by atoms with van der Waals surface area (Å²) in [4.78, 5) is 44.0. The van der Waals surface area contributed by atoms with Crippen LogP contribution in [0.1, 0.15) is 52.8 Å². The summed E-state index contributed by atoms with van der Waals surface area (Å²) in [5.41, 5.74) is 1.25. The minimum atomic E-state index is -0.502. The van der Waals surface area contributed by atoms with Crippen LogP contribution in [-0.4, -0.2) is 27.7 Å². The van der Waals surface area contributed by atoms with Crippen molar-refractivity contribution in [3.05, 3.63) is 62.4 Å². The molecule has 5 rings (SSSR count). The van der Waals surface area contributed by atoms with Crippen molar-refractivity contribution in [3.8, 4) is 11.5 Å². The molecule has 2 aliphatic rings. The lowest BCUT2D eigenvalue weighted by Crippen LogP contribution is -2.40. The first-order valence-electron chi connectivity index (χ1n) is 9.65. The maximum absolute atomic E-state index is 13.0. The Morgan fingerprint density at radius 1 is 0.931 bits per heavy atom. The Bertz CT molecular complexity index is 1230. The van der Waals surface area contributed by atoms with Gasteiger partial charge in [-0.2, -0.15) is 0 Å². The number of amides is 2. The van der Waals surface area contributed by atoms with Gasteiger partial charge in [-0.25, -0.2) is 9.78 Å². The highest BCUT2D eigenvalue weighted by molar-refractivity contribution is 9.10. The number of fused-ring (bicyclic) bond motifs is 2. The summed E-state index contributed by atoms with van der Waals surface area (Å²) in [7, 11) is 0. The smallest absolute Gasteiger partial charge is 0.347 e. The minimum absolute atomic E-state index is 0.0326. The maximum atomic E-state index is 13.0. The maximum Gasteiger partial charge on any atom is 0.347 e. The van der Waals surface area contributed by atoms with Crippen molar-refractivity contribution in [1.82, 2.24) is 9.88 Å². The molecule has 1 fully saturated rings. The highest BCUT2D eigenvalue weighted by atomic mass is 79.9. The van der Waals surface area contributed by atoms with E-state index in [2.05, 4.69) is 20.9 Å². The summed E-state index contributed by atoms with van der Waals surface area (Å²) >= 11 is 3.33. The molecule has 0 radical (unpaired) electrons. The van der Waals surface area contributed by atoms with E-state index in [1.54, 1.807) is 36.4 Å². The van der Waals surface area contributed by atoms with Gasteiger partial charge in [0.25, 0.3) is 11.8 Å². The van der Waals surface area contributed by atoms with Crippen LogP contribution in [0.3, 0.4) is 0 Å². The van der Waals surface area contributed by atoms with Gasteiger partial charge in [-0.1, -0.05) is 35.2 Å². The summed E-state index contributed by atoms with van der Waals surface area (Å²) in [5.74, 6) is -0.379. The third-order valence-corrected chi connectivity index (χ3v) is 6.19. The van der Waals surface area contributed by atoms with Gasteiger partial charge >= 0.3 is 5.63 Å². The van der Waals surface area contributed by atoms with E-state index in [1.165, 1.54) is 4.90 Å². The van der Waals surface area contributed by atoms with Crippen LogP contribution in [0.25, 0.3) is 22.4 Å². The second-order valence-corrected chi connectivity index (χ2v) is 8.42. The zero-order valence-electron chi connectivity index (χ0n) is 15.5. The largest absolute Gasteiger partial charge is 0.403 e. The Morgan fingerprint density at radius 2 is 1.69 bits per heavy atom. The number of nitrogens with zero attached hydrogens (tertiary/aromatic N) is 2. The van der Waals surface area contributed by atoms with E-state index >= 15 is 0 Å². The van der Waals surface area contributed by atoms with Crippen molar-refractivity contribution in [1.29, 1.82) is 0 Å². The number of hydrogen-bond acceptors (Lipinski definition) is 5. The molecule has 0 atom stereocenters. The van der Waals surface area contributed by atoms with Crippen molar-refractivity contribution in [2.75, 3.05) is 0 Å². The summed E-state index contributed by atoms with van der Waals surface area (Å²) < 4.78 is 6.16. The number of hydrogen-bond donors (Lipinski definition) is 0. The number of aromatic nitrogens is 1. The van der Waals surface area contributed by atoms with Crippen molar-refractivity contribution >= 4 is 38.6 Å². The van der Waals surface area contributed by atoms with Gasteiger partial charge in [0, 0.05) is 16.1 Å². The number of halogens is 1. The first-order chi connectivity index (χ1) is 14.0. The predicted molar refractivity (Wildman–Crippen MR) is 111 cm³/mol. The van der Waals surface area contributed by atoms with Crippen LogP contribution < -0.4 is 5.63 Å². The lowest BCUT2D eigenvalue weighted by molar-refractivity contribution is 0.0549. The highest BCUT2D eigenvalue weighted by Gasteiger charge is 2.40. The molecule has 7 heteroatoms. The third-order valence-electron chi connectivity index (χ3n) is 5.69. The number of benzene rings is 2. The van der Waals surface area contributed by atoms with Gasteiger partial charge in [0.15, 0.2) is 0 Å². The quantitative estimate of drug-likeness (QED) is 0.532. The number of rotatable bonds is 2. The van der Waals surface area contributed by atoms with Gasteiger partial charge in [0.1, 0.15) is 0 Å². The van der Waals surface area contributed by atoms with E-state index < -0.39 is 5.63 Å².